The predicted molar refractivity (Wildman–Crippen MR) is 110 cm³/mol. The van der Waals surface area contributed by atoms with Crippen LogP contribution in [0.15, 0.2) is 35.7 Å². The quantitative estimate of drug-likeness (QED) is 0.717. The van der Waals surface area contributed by atoms with Gasteiger partial charge in [0.15, 0.2) is 0 Å². The number of phenolic OH excluding ortho intramolecular Hbond substituents is 1. The first-order valence-electron chi connectivity index (χ1n) is 10.6. The summed E-state index contributed by atoms with van der Waals surface area (Å²) in [6, 6.07) is 10.3. The highest BCUT2D eigenvalue weighted by Crippen LogP contribution is 2.65. The van der Waals surface area contributed by atoms with Crippen LogP contribution in [0.2, 0.25) is 0 Å². The van der Waals surface area contributed by atoms with Crippen LogP contribution in [0.3, 0.4) is 0 Å². The monoisotopic (exact) mass is 382 g/mol. The Kier molecular flexibility index (Phi) is 4.18. The zero-order valence-corrected chi connectivity index (χ0v) is 17.0. The summed E-state index contributed by atoms with van der Waals surface area (Å²) in [5.41, 5.74) is 2.37. The highest BCUT2D eigenvalue weighted by Gasteiger charge is 2.61. The van der Waals surface area contributed by atoms with E-state index < -0.39 is 5.60 Å². The summed E-state index contributed by atoms with van der Waals surface area (Å²) >= 11 is 1.81. The van der Waals surface area contributed by atoms with Gasteiger partial charge in [0.25, 0.3) is 0 Å². The van der Waals surface area contributed by atoms with Crippen molar-refractivity contribution in [3.05, 3.63) is 51.7 Å². The average Bonchev–Trinajstić information content (AvgIpc) is 3.26. The lowest BCUT2D eigenvalue weighted by molar-refractivity contribution is -0.107. The highest BCUT2D eigenvalue weighted by molar-refractivity contribution is 7.09. The topological polar surface area (TPSA) is 40.5 Å². The maximum Gasteiger partial charge on any atom is 0.115 e. The largest absolute Gasteiger partial charge is 0.508 e. The van der Waals surface area contributed by atoms with Gasteiger partial charge >= 0.3 is 0 Å². The molecule has 0 bridgehead atoms. The molecule has 0 amide bonds. The molecule has 144 valence electrons. The fourth-order valence-corrected chi connectivity index (χ4v) is 7.58. The van der Waals surface area contributed by atoms with Gasteiger partial charge in [0.1, 0.15) is 5.75 Å². The molecule has 1 aromatic heterocycles. The van der Waals surface area contributed by atoms with Gasteiger partial charge in [0.05, 0.1) is 5.60 Å². The summed E-state index contributed by atoms with van der Waals surface area (Å²) < 4.78 is 0. The van der Waals surface area contributed by atoms with Crippen LogP contribution >= 0.6 is 11.3 Å². The summed E-state index contributed by atoms with van der Waals surface area (Å²) in [5.74, 6) is 2.34. The summed E-state index contributed by atoms with van der Waals surface area (Å²) in [4.78, 5) is 1.40. The fraction of sp³-hybridized carbons (Fsp3) is 0.583. The maximum absolute atomic E-state index is 11.7. The van der Waals surface area contributed by atoms with E-state index >= 15 is 0 Å². The molecule has 1 heterocycles. The molecular formula is C24H30O2S. The third-order valence-corrected chi connectivity index (χ3v) is 9.33. The lowest BCUT2D eigenvalue weighted by Gasteiger charge is -2.53. The molecule has 0 spiro atoms. The summed E-state index contributed by atoms with van der Waals surface area (Å²) in [7, 11) is 0. The van der Waals surface area contributed by atoms with Gasteiger partial charge in [-0.15, -0.1) is 11.3 Å². The predicted octanol–water partition coefficient (Wildman–Crippen LogP) is 5.67. The first-order valence-corrected chi connectivity index (χ1v) is 11.4. The zero-order valence-electron chi connectivity index (χ0n) is 16.2. The lowest BCUT2D eigenvalue weighted by Crippen LogP contribution is -2.51. The van der Waals surface area contributed by atoms with E-state index in [1.165, 1.54) is 35.3 Å². The van der Waals surface area contributed by atoms with Crippen LogP contribution in [-0.2, 0) is 12.8 Å². The van der Waals surface area contributed by atoms with E-state index in [0.717, 1.165) is 32.1 Å². The number of hydrogen-bond donors (Lipinski definition) is 2. The molecule has 5 rings (SSSR count). The molecule has 1 aromatic carbocycles. The molecule has 2 fully saturated rings. The minimum absolute atomic E-state index is 0.0554. The first-order chi connectivity index (χ1) is 13.0. The molecule has 2 aromatic rings. The van der Waals surface area contributed by atoms with Crippen LogP contribution in [0.25, 0.3) is 0 Å². The van der Waals surface area contributed by atoms with Gasteiger partial charge in [0, 0.05) is 4.88 Å². The van der Waals surface area contributed by atoms with Gasteiger partial charge in [-0.25, -0.2) is 0 Å². The van der Waals surface area contributed by atoms with Crippen LogP contribution in [0.5, 0.6) is 5.75 Å². The van der Waals surface area contributed by atoms with Crippen LogP contribution in [-0.4, -0.2) is 15.8 Å². The van der Waals surface area contributed by atoms with Crippen LogP contribution in [0.4, 0.5) is 0 Å². The van der Waals surface area contributed by atoms with Crippen molar-refractivity contribution in [2.45, 2.75) is 69.8 Å². The minimum Gasteiger partial charge on any atom is -0.508 e. The number of rotatable bonds is 3. The van der Waals surface area contributed by atoms with E-state index in [-0.39, 0.29) is 5.41 Å². The Hall–Kier alpha value is -1.32. The second-order valence-corrected chi connectivity index (χ2v) is 10.4. The zero-order chi connectivity index (χ0) is 18.6. The highest BCUT2D eigenvalue weighted by atomic mass is 32.1. The van der Waals surface area contributed by atoms with Crippen molar-refractivity contribution in [1.82, 2.24) is 0 Å². The Balaban J connectivity index is 1.40. The standard InChI is InChI=1S/C24H30O2S/c1-23-11-9-20-19-7-5-17(25)15-16(19)4-6-21(20)22(23)10-13-24(23,26)12-8-18-3-2-14-27-18/h2-3,5,7,14-15,20-22,25-26H,4,6,8-13H2,1H3/t20?,21?,22?,23?,24-/m0/s1. The first kappa shape index (κ1) is 17.8. The number of thiophene rings is 1. The fourth-order valence-electron chi connectivity index (χ4n) is 6.87. The molecule has 2 N–H and O–H groups in total. The molecule has 3 heteroatoms. The van der Waals surface area contributed by atoms with Crippen molar-refractivity contribution < 1.29 is 10.2 Å². The Morgan fingerprint density at radius 1 is 1.15 bits per heavy atom. The van der Waals surface area contributed by atoms with Crippen molar-refractivity contribution in [2.24, 2.45) is 17.3 Å². The number of phenols is 1. The van der Waals surface area contributed by atoms with Crippen molar-refractivity contribution in [2.75, 3.05) is 0 Å². The van der Waals surface area contributed by atoms with E-state index in [1.807, 2.05) is 23.5 Å². The third-order valence-electron chi connectivity index (χ3n) is 8.40. The number of benzene rings is 1. The van der Waals surface area contributed by atoms with E-state index in [2.05, 4.69) is 30.5 Å². The average molecular weight is 383 g/mol. The van der Waals surface area contributed by atoms with Crippen molar-refractivity contribution in [3.63, 3.8) is 0 Å². The number of hydrogen-bond acceptors (Lipinski definition) is 3. The molecule has 2 nitrogen and oxygen atoms in total. The summed E-state index contributed by atoms with van der Waals surface area (Å²) in [5, 5.41) is 23.7. The lowest BCUT2D eigenvalue weighted by atomic mass is 9.53. The Morgan fingerprint density at radius 3 is 2.85 bits per heavy atom. The third kappa shape index (κ3) is 2.69. The van der Waals surface area contributed by atoms with Crippen molar-refractivity contribution >= 4 is 11.3 Å². The van der Waals surface area contributed by atoms with Gasteiger partial charge in [-0.1, -0.05) is 19.1 Å². The minimum atomic E-state index is -0.512. The van der Waals surface area contributed by atoms with Gasteiger partial charge in [-0.3, -0.25) is 0 Å². The van der Waals surface area contributed by atoms with Gasteiger partial charge in [-0.05, 0) is 109 Å². The van der Waals surface area contributed by atoms with Gasteiger partial charge < -0.3 is 10.2 Å². The molecule has 4 unspecified atom stereocenters. The van der Waals surface area contributed by atoms with E-state index in [9.17, 15) is 10.2 Å². The van der Waals surface area contributed by atoms with Gasteiger partial charge in [-0.2, -0.15) is 0 Å². The van der Waals surface area contributed by atoms with Crippen LogP contribution in [0, 0.1) is 17.3 Å². The molecule has 27 heavy (non-hydrogen) atoms. The molecule has 2 saturated carbocycles. The maximum atomic E-state index is 11.7. The Morgan fingerprint density at radius 2 is 2.04 bits per heavy atom. The number of aromatic hydroxyl groups is 1. The Labute approximate surface area is 166 Å². The Bertz CT molecular complexity index is 829. The molecule has 5 atom stereocenters. The van der Waals surface area contributed by atoms with E-state index in [0.29, 0.717) is 23.5 Å². The molecule has 3 aliphatic rings. The normalized spacial score (nSPS) is 37.5. The number of aryl methyl sites for hydroxylation is 2. The van der Waals surface area contributed by atoms with E-state index in [1.54, 1.807) is 0 Å². The summed E-state index contributed by atoms with van der Waals surface area (Å²) in [6.45, 7) is 2.39. The number of aliphatic hydroxyl groups is 1. The summed E-state index contributed by atoms with van der Waals surface area (Å²) in [6.07, 6.45) is 8.64. The number of fused-ring (bicyclic) bond motifs is 5. The molecule has 3 aliphatic carbocycles. The van der Waals surface area contributed by atoms with Crippen LogP contribution in [0.1, 0.15) is 67.4 Å². The van der Waals surface area contributed by atoms with E-state index in [4.69, 9.17) is 0 Å². The molecule has 0 saturated heterocycles. The van der Waals surface area contributed by atoms with Gasteiger partial charge in [0.2, 0.25) is 0 Å². The van der Waals surface area contributed by atoms with Crippen LogP contribution < -0.4 is 0 Å². The molecular weight excluding hydrogens is 352 g/mol. The van der Waals surface area contributed by atoms with Crippen molar-refractivity contribution in [1.29, 1.82) is 0 Å². The molecule has 0 aliphatic heterocycles. The van der Waals surface area contributed by atoms with Crippen molar-refractivity contribution in [3.8, 4) is 5.75 Å². The smallest absolute Gasteiger partial charge is 0.115 e. The SMILES string of the molecule is CC12CCC3c4ccc(O)cc4CCC3C1CC[C@@]2(O)CCc1cccs1. The second-order valence-electron chi connectivity index (χ2n) is 9.40. The second kappa shape index (κ2) is 6.35. The molecule has 0 radical (unpaired) electrons.